The summed E-state index contributed by atoms with van der Waals surface area (Å²) >= 11 is 0. The Bertz CT molecular complexity index is 475. The molecule has 17 heavy (non-hydrogen) atoms. The zero-order valence-corrected chi connectivity index (χ0v) is 10.1. The third kappa shape index (κ3) is 1.69. The van der Waals surface area contributed by atoms with Gasteiger partial charge in [0.25, 0.3) is 0 Å². The van der Waals surface area contributed by atoms with Crippen molar-refractivity contribution in [2.45, 2.75) is 19.4 Å². The zero-order valence-electron chi connectivity index (χ0n) is 10.1. The second-order valence-electron chi connectivity index (χ2n) is 5.10. The number of anilines is 1. The Morgan fingerprint density at radius 1 is 1.41 bits per heavy atom. The number of hydrogen-bond acceptors (Lipinski definition) is 3. The molecule has 0 unspecified atom stereocenters. The molecule has 3 rings (SSSR count). The first-order chi connectivity index (χ1) is 8.29. The molecular formula is C14H17N3. The first kappa shape index (κ1) is 10.6. The molecule has 0 saturated carbocycles. The van der Waals surface area contributed by atoms with E-state index in [-0.39, 0.29) is 0 Å². The molecule has 2 saturated heterocycles. The van der Waals surface area contributed by atoms with Crippen molar-refractivity contribution in [3.8, 4) is 6.07 Å². The number of nitrogens with zero attached hydrogens (tertiary/aromatic N) is 2. The normalized spacial score (nSPS) is 26.9. The molecule has 1 N–H and O–H groups in total. The summed E-state index contributed by atoms with van der Waals surface area (Å²) in [4.78, 5) is 2.43. The number of benzene rings is 1. The summed E-state index contributed by atoms with van der Waals surface area (Å²) in [5, 5.41) is 12.7. The molecule has 3 heteroatoms. The van der Waals surface area contributed by atoms with E-state index < -0.39 is 0 Å². The Morgan fingerprint density at radius 3 is 3.12 bits per heavy atom. The van der Waals surface area contributed by atoms with Gasteiger partial charge >= 0.3 is 0 Å². The van der Waals surface area contributed by atoms with Gasteiger partial charge in [0, 0.05) is 25.7 Å². The maximum absolute atomic E-state index is 9.22. The predicted molar refractivity (Wildman–Crippen MR) is 68.0 cm³/mol. The molecule has 0 amide bonds. The van der Waals surface area contributed by atoms with Gasteiger partial charge in [-0.15, -0.1) is 0 Å². The second-order valence-corrected chi connectivity index (χ2v) is 5.10. The third-order valence-electron chi connectivity index (χ3n) is 4.03. The average molecular weight is 227 g/mol. The molecule has 0 aromatic heterocycles. The Balaban J connectivity index is 1.99. The Hall–Kier alpha value is -1.53. The van der Waals surface area contributed by atoms with Gasteiger partial charge in [0.15, 0.2) is 0 Å². The highest BCUT2D eigenvalue weighted by Crippen LogP contribution is 2.34. The van der Waals surface area contributed by atoms with Crippen LogP contribution >= 0.6 is 0 Å². The topological polar surface area (TPSA) is 39.1 Å². The number of hydrogen-bond donors (Lipinski definition) is 1. The minimum absolute atomic E-state index is 0.587. The van der Waals surface area contributed by atoms with E-state index >= 15 is 0 Å². The van der Waals surface area contributed by atoms with Crippen LogP contribution in [0.3, 0.4) is 0 Å². The standard InChI is InChI=1S/C14H17N3/c1-10-2-3-11(7-15)13(6-10)17-5-4-12-8-16-9-14(12)17/h2-3,6,12,14,16H,4-5,8-9H2,1H3/t12-,14+/m0/s1. The lowest BCUT2D eigenvalue weighted by Gasteiger charge is -2.26. The van der Waals surface area contributed by atoms with Crippen molar-refractivity contribution >= 4 is 5.69 Å². The van der Waals surface area contributed by atoms with Crippen LogP contribution in [0.2, 0.25) is 0 Å². The number of aryl methyl sites for hydroxylation is 1. The minimum Gasteiger partial charge on any atom is -0.366 e. The van der Waals surface area contributed by atoms with Crippen LogP contribution in [0, 0.1) is 24.2 Å². The van der Waals surface area contributed by atoms with Crippen LogP contribution in [-0.2, 0) is 0 Å². The molecule has 0 aliphatic carbocycles. The molecule has 1 aromatic rings. The van der Waals surface area contributed by atoms with Gasteiger partial charge in [-0.25, -0.2) is 0 Å². The summed E-state index contributed by atoms with van der Waals surface area (Å²) < 4.78 is 0. The molecule has 0 radical (unpaired) electrons. The highest BCUT2D eigenvalue weighted by Gasteiger charge is 2.38. The lowest BCUT2D eigenvalue weighted by molar-refractivity contribution is 0.578. The smallest absolute Gasteiger partial charge is 0.101 e. The quantitative estimate of drug-likeness (QED) is 0.793. The summed E-state index contributed by atoms with van der Waals surface area (Å²) in [6.07, 6.45) is 1.25. The van der Waals surface area contributed by atoms with Crippen LogP contribution in [0.15, 0.2) is 18.2 Å². The summed E-state index contributed by atoms with van der Waals surface area (Å²) in [5.41, 5.74) is 3.17. The molecular weight excluding hydrogens is 210 g/mol. The highest BCUT2D eigenvalue weighted by molar-refractivity contribution is 5.62. The molecule has 3 nitrogen and oxygen atoms in total. The monoisotopic (exact) mass is 227 g/mol. The zero-order chi connectivity index (χ0) is 11.8. The molecule has 2 aliphatic heterocycles. The molecule has 0 bridgehead atoms. The Kier molecular flexibility index (Phi) is 2.53. The van der Waals surface area contributed by atoms with Crippen molar-refractivity contribution in [1.29, 1.82) is 5.26 Å². The van der Waals surface area contributed by atoms with E-state index in [1.807, 2.05) is 12.1 Å². The van der Waals surface area contributed by atoms with Crippen LogP contribution < -0.4 is 10.2 Å². The van der Waals surface area contributed by atoms with Crippen LogP contribution in [0.4, 0.5) is 5.69 Å². The van der Waals surface area contributed by atoms with Crippen LogP contribution in [0.1, 0.15) is 17.5 Å². The third-order valence-corrected chi connectivity index (χ3v) is 4.03. The summed E-state index contributed by atoms with van der Waals surface area (Å²) in [5.74, 6) is 0.766. The SMILES string of the molecule is Cc1ccc(C#N)c(N2CC[C@H]3CNC[C@H]32)c1. The summed E-state index contributed by atoms with van der Waals surface area (Å²) in [6.45, 7) is 5.37. The Labute approximate surface area is 102 Å². The predicted octanol–water partition coefficient (Wildman–Crippen LogP) is 1.66. The molecule has 1 aromatic carbocycles. The van der Waals surface area contributed by atoms with Crippen LogP contribution in [-0.4, -0.2) is 25.7 Å². The largest absolute Gasteiger partial charge is 0.366 e. The van der Waals surface area contributed by atoms with Crippen molar-refractivity contribution in [3.63, 3.8) is 0 Å². The van der Waals surface area contributed by atoms with Crippen molar-refractivity contribution < 1.29 is 0 Å². The van der Waals surface area contributed by atoms with Crippen molar-refractivity contribution in [3.05, 3.63) is 29.3 Å². The van der Waals surface area contributed by atoms with E-state index in [1.165, 1.54) is 12.0 Å². The first-order valence-corrected chi connectivity index (χ1v) is 6.27. The molecule has 2 aliphatic rings. The number of nitriles is 1. The summed E-state index contributed by atoms with van der Waals surface area (Å²) in [6, 6.07) is 9.02. The highest BCUT2D eigenvalue weighted by atomic mass is 15.2. The van der Waals surface area contributed by atoms with Crippen LogP contribution in [0.5, 0.6) is 0 Å². The maximum Gasteiger partial charge on any atom is 0.101 e. The van der Waals surface area contributed by atoms with E-state index in [0.29, 0.717) is 6.04 Å². The van der Waals surface area contributed by atoms with Crippen molar-refractivity contribution in [2.24, 2.45) is 5.92 Å². The van der Waals surface area contributed by atoms with Gasteiger partial charge in [-0.3, -0.25) is 0 Å². The fraction of sp³-hybridized carbons (Fsp3) is 0.500. The van der Waals surface area contributed by atoms with Crippen molar-refractivity contribution in [2.75, 3.05) is 24.5 Å². The summed E-state index contributed by atoms with van der Waals surface area (Å²) in [7, 11) is 0. The average Bonchev–Trinajstić information content (AvgIpc) is 2.90. The number of rotatable bonds is 1. The van der Waals surface area contributed by atoms with Gasteiger partial charge in [0.05, 0.1) is 11.3 Å². The molecule has 2 atom stereocenters. The second kappa shape index (κ2) is 4.05. The lowest BCUT2D eigenvalue weighted by atomic mass is 10.0. The van der Waals surface area contributed by atoms with Gasteiger partial charge in [0.2, 0.25) is 0 Å². The van der Waals surface area contributed by atoms with Gasteiger partial charge < -0.3 is 10.2 Å². The van der Waals surface area contributed by atoms with E-state index in [4.69, 9.17) is 0 Å². The first-order valence-electron chi connectivity index (χ1n) is 6.27. The van der Waals surface area contributed by atoms with Gasteiger partial charge in [-0.05, 0) is 37.0 Å². The van der Waals surface area contributed by atoms with E-state index in [1.54, 1.807) is 0 Å². The van der Waals surface area contributed by atoms with E-state index in [0.717, 1.165) is 36.8 Å². The van der Waals surface area contributed by atoms with Gasteiger partial charge in [-0.1, -0.05) is 6.07 Å². The lowest BCUT2D eigenvalue weighted by Crippen LogP contribution is -2.34. The molecule has 0 spiro atoms. The van der Waals surface area contributed by atoms with Crippen LogP contribution in [0.25, 0.3) is 0 Å². The minimum atomic E-state index is 0.587. The molecule has 2 fully saturated rings. The Morgan fingerprint density at radius 2 is 2.29 bits per heavy atom. The van der Waals surface area contributed by atoms with Crippen molar-refractivity contribution in [1.82, 2.24) is 5.32 Å². The fourth-order valence-corrected chi connectivity index (χ4v) is 3.12. The molecule has 2 heterocycles. The number of fused-ring (bicyclic) bond motifs is 1. The van der Waals surface area contributed by atoms with Gasteiger partial charge in [0.1, 0.15) is 6.07 Å². The number of nitrogens with one attached hydrogen (secondary N) is 1. The maximum atomic E-state index is 9.22. The fourth-order valence-electron chi connectivity index (χ4n) is 3.12. The van der Waals surface area contributed by atoms with E-state index in [2.05, 4.69) is 29.3 Å². The van der Waals surface area contributed by atoms with E-state index in [9.17, 15) is 5.26 Å². The van der Waals surface area contributed by atoms with Gasteiger partial charge in [-0.2, -0.15) is 5.26 Å². The molecule has 88 valence electrons.